The molecule has 54 heavy (non-hydrogen) atoms. The average molecular weight is 703 g/mol. The third kappa shape index (κ3) is 4.12. The summed E-state index contributed by atoms with van der Waals surface area (Å²) >= 11 is 1.94. The fourth-order valence-electron chi connectivity index (χ4n) is 9.41. The molecule has 0 fully saturated rings. The third-order valence-corrected chi connectivity index (χ3v) is 12.8. The molecule has 0 amide bonds. The topological polar surface area (TPSA) is 6.48 Å². The zero-order valence-corrected chi connectivity index (χ0v) is 30.1. The predicted molar refractivity (Wildman–Crippen MR) is 234 cm³/mol. The quantitative estimate of drug-likeness (QED) is 0.134. The third-order valence-electron chi connectivity index (χ3n) is 11.6. The highest BCUT2D eigenvalue weighted by atomic mass is 32.1. The molecule has 4 heteroatoms. The van der Waals surface area contributed by atoms with Crippen molar-refractivity contribution in [3.8, 4) is 11.1 Å². The molecule has 10 aromatic rings. The van der Waals surface area contributed by atoms with Crippen molar-refractivity contribution in [2.75, 3.05) is 9.80 Å². The maximum Gasteiger partial charge on any atom is 0.264 e. The smallest absolute Gasteiger partial charge is 0.264 e. The number of hydrogen-bond acceptors (Lipinski definition) is 3. The lowest BCUT2D eigenvalue weighted by Gasteiger charge is -2.43. The number of nitrogens with zero attached hydrogens (tertiary/aromatic N) is 2. The highest BCUT2D eigenvalue weighted by Crippen LogP contribution is 2.49. The summed E-state index contributed by atoms with van der Waals surface area (Å²) in [7, 11) is 0. The van der Waals surface area contributed by atoms with Crippen molar-refractivity contribution < 1.29 is 0 Å². The van der Waals surface area contributed by atoms with Crippen LogP contribution in [0, 0.1) is 0 Å². The van der Waals surface area contributed by atoms with Gasteiger partial charge in [0.1, 0.15) is 0 Å². The van der Waals surface area contributed by atoms with Crippen LogP contribution in [0.25, 0.3) is 53.5 Å². The molecule has 0 saturated carbocycles. The Bertz CT molecular complexity index is 3110. The van der Waals surface area contributed by atoms with E-state index in [1.54, 1.807) is 0 Å². The number of para-hydroxylation sites is 3. The molecular formula is C50H31BN2S. The maximum atomic E-state index is 2.53. The van der Waals surface area contributed by atoms with Crippen molar-refractivity contribution in [3.05, 3.63) is 188 Å². The zero-order valence-electron chi connectivity index (χ0n) is 29.3. The standard InChI is InChI=1S/C50H31BN2S/c1-2-15-33(16-3-1)52-45-26-14-27-46-48(45)51(50-49(52)40-22-9-13-28-47(40)54-50)42-23-10-12-25-44(42)53(46)43-24-11-8-17-34(43)32-29-30-39-37-20-5-4-18-35(37)36-19-6-7-21-38(36)41(39)31-32/h1-31H. The second-order valence-corrected chi connectivity index (χ2v) is 15.5. The van der Waals surface area contributed by atoms with Gasteiger partial charge in [-0.15, -0.1) is 11.3 Å². The first-order valence-electron chi connectivity index (χ1n) is 18.6. The van der Waals surface area contributed by atoms with Crippen LogP contribution in [0.3, 0.4) is 0 Å². The van der Waals surface area contributed by atoms with Crippen LogP contribution in [0.4, 0.5) is 34.1 Å². The summed E-state index contributed by atoms with van der Waals surface area (Å²) in [5, 5.41) is 9.04. The molecule has 2 aliphatic rings. The molecule has 0 atom stereocenters. The van der Waals surface area contributed by atoms with Crippen molar-refractivity contribution in [2.24, 2.45) is 0 Å². The van der Waals surface area contributed by atoms with E-state index in [1.807, 2.05) is 11.3 Å². The Morgan fingerprint density at radius 1 is 0.389 bits per heavy atom. The van der Waals surface area contributed by atoms with E-state index in [9.17, 15) is 0 Å². The molecule has 0 bridgehead atoms. The van der Waals surface area contributed by atoms with Gasteiger partial charge < -0.3 is 9.80 Å². The van der Waals surface area contributed by atoms with Crippen LogP contribution in [-0.4, -0.2) is 6.71 Å². The van der Waals surface area contributed by atoms with E-state index in [1.165, 1.54) is 103 Å². The van der Waals surface area contributed by atoms with Crippen LogP contribution in [0.15, 0.2) is 188 Å². The van der Waals surface area contributed by atoms with E-state index in [4.69, 9.17) is 0 Å². The number of thiophene rings is 1. The molecule has 12 rings (SSSR count). The zero-order chi connectivity index (χ0) is 35.3. The monoisotopic (exact) mass is 702 g/mol. The van der Waals surface area contributed by atoms with Gasteiger partial charge in [-0.05, 0) is 97.3 Å². The number of benzene rings is 9. The molecule has 0 N–H and O–H groups in total. The van der Waals surface area contributed by atoms with Crippen LogP contribution in [0.1, 0.15) is 0 Å². The van der Waals surface area contributed by atoms with E-state index in [-0.39, 0.29) is 6.71 Å². The lowest BCUT2D eigenvalue weighted by molar-refractivity contribution is 1.26. The Balaban J connectivity index is 1.12. The van der Waals surface area contributed by atoms with Gasteiger partial charge in [-0.1, -0.05) is 140 Å². The number of fused-ring (bicyclic) bond motifs is 12. The summed E-state index contributed by atoms with van der Waals surface area (Å²) in [5.41, 5.74) is 12.5. The van der Waals surface area contributed by atoms with Crippen molar-refractivity contribution >= 4 is 110 Å². The van der Waals surface area contributed by atoms with E-state index >= 15 is 0 Å². The minimum atomic E-state index is 0.114. The molecule has 0 aliphatic carbocycles. The maximum absolute atomic E-state index is 2.53. The van der Waals surface area contributed by atoms with Crippen molar-refractivity contribution in [1.82, 2.24) is 0 Å². The minimum absolute atomic E-state index is 0.114. The summed E-state index contributed by atoms with van der Waals surface area (Å²) in [6.45, 7) is 0.114. The molecule has 2 aliphatic heterocycles. The van der Waals surface area contributed by atoms with E-state index in [0.29, 0.717) is 0 Å². The molecule has 9 aromatic carbocycles. The Morgan fingerprint density at radius 3 is 1.70 bits per heavy atom. The predicted octanol–water partition coefficient (Wildman–Crippen LogP) is 12.1. The Morgan fingerprint density at radius 2 is 0.944 bits per heavy atom. The fraction of sp³-hybridized carbons (Fsp3) is 0. The second-order valence-electron chi connectivity index (χ2n) is 14.4. The summed E-state index contributed by atoms with van der Waals surface area (Å²) in [6, 6.07) is 69.5. The van der Waals surface area contributed by atoms with Crippen molar-refractivity contribution in [1.29, 1.82) is 0 Å². The molecular weight excluding hydrogens is 671 g/mol. The van der Waals surface area contributed by atoms with Crippen LogP contribution in [0.2, 0.25) is 0 Å². The molecule has 250 valence electrons. The molecule has 1 aromatic heterocycles. The summed E-state index contributed by atoms with van der Waals surface area (Å²) in [5.74, 6) is 0. The van der Waals surface area contributed by atoms with Gasteiger partial charge in [0.05, 0.1) is 11.4 Å². The van der Waals surface area contributed by atoms with Gasteiger partial charge in [-0.2, -0.15) is 0 Å². The van der Waals surface area contributed by atoms with E-state index in [2.05, 4.69) is 198 Å². The molecule has 0 spiro atoms. The Labute approximate surface area is 317 Å². The molecule has 0 unspecified atom stereocenters. The number of anilines is 6. The lowest BCUT2D eigenvalue weighted by Crippen LogP contribution is -2.60. The largest absolute Gasteiger partial charge is 0.311 e. The molecule has 0 radical (unpaired) electrons. The van der Waals surface area contributed by atoms with Gasteiger partial charge in [0.15, 0.2) is 0 Å². The first kappa shape index (κ1) is 29.9. The van der Waals surface area contributed by atoms with Crippen molar-refractivity contribution in [3.63, 3.8) is 0 Å². The summed E-state index contributed by atoms with van der Waals surface area (Å²) in [6.07, 6.45) is 0. The Hall–Kier alpha value is -6.62. The number of hydrogen-bond donors (Lipinski definition) is 0. The molecule has 0 saturated heterocycles. The van der Waals surface area contributed by atoms with Crippen LogP contribution < -0.4 is 25.5 Å². The first-order valence-corrected chi connectivity index (χ1v) is 19.5. The van der Waals surface area contributed by atoms with Gasteiger partial charge >= 0.3 is 0 Å². The molecule has 3 heterocycles. The number of rotatable bonds is 3. The molecule has 2 nitrogen and oxygen atoms in total. The summed E-state index contributed by atoms with van der Waals surface area (Å²) < 4.78 is 2.72. The second kappa shape index (κ2) is 11.4. The SMILES string of the molecule is c1ccc(N2c3cccc4c3B(c3ccccc3N4c3ccccc3-c3ccc4c5ccccc5c5ccccc5c4c3)c3sc4ccccc4c32)cc1. The minimum Gasteiger partial charge on any atom is -0.311 e. The van der Waals surface area contributed by atoms with Gasteiger partial charge in [0.25, 0.3) is 6.71 Å². The summed E-state index contributed by atoms with van der Waals surface area (Å²) in [4.78, 5) is 5.05. The van der Waals surface area contributed by atoms with E-state index in [0.717, 1.165) is 0 Å². The normalized spacial score (nSPS) is 13.1. The fourth-order valence-corrected chi connectivity index (χ4v) is 10.7. The lowest BCUT2D eigenvalue weighted by atomic mass is 9.36. The highest BCUT2D eigenvalue weighted by Gasteiger charge is 2.45. The van der Waals surface area contributed by atoms with E-state index < -0.39 is 0 Å². The highest BCUT2D eigenvalue weighted by molar-refractivity contribution is 7.33. The van der Waals surface area contributed by atoms with Crippen LogP contribution in [-0.2, 0) is 0 Å². The van der Waals surface area contributed by atoms with Crippen LogP contribution in [0.5, 0.6) is 0 Å². The van der Waals surface area contributed by atoms with Crippen LogP contribution >= 0.6 is 11.3 Å². The first-order chi connectivity index (χ1) is 26.8. The average Bonchev–Trinajstić information content (AvgIpc) is 3.63. The van der Waals surface area contributed by atoms with Gasteiger partial charge in [0.2, 0.25) is 0 Å². The van der Waals surface area contributed by atoms with Gasteiger partial charge in [-0.3, -0.25) is 0 Å². The Kier molecular flexibility index (Phi) is 6.34. The van der Waals surface area contributed by atoms with Gasteiger partial charge in [0, 0.05) is 43.2 Å². The van der Waals surface area contributed by atoms with Crippen molar-refractivity contribution in [2.45, 2.75) is 0 Å². The van der Waals surface area contributed by atoms with Gasteiger partial charge in [-0.25, -0.2) is 0 Å².